The van der Waals surface area contributed by atoms with E-state index in [1.165, 1.54) is 6.07 Å². The van der Waals surface area contributed by atoms with Crippen LogP contribution in [0.25, 0.3) is 0 Å². The molecule has 0 bridgehead atoms. The van der Waals surface area contributed by atoms with Gasteiger partial charge in [0.05, 0.1) is 5.69 Å². The number of benzene rings is 1. The molecule has 0 spiro atoms. The molecule has 0 unspecified atom stereocenters. The molecule has 0 fully saturated rings. The van der Waals surface area contributed by atoms with E-state index in [0.717, 1.165) is 29.7 Å². The lowest BCUT2D eigenvalue weighted by molar-refractivity contribution is 0.586. The Morgan fingerprint density at radius 3 is 2.67 bits per heavy atom. The number of halogens is 2. The number of thiophene rings is 1. The molecule has 2 aromatic rings. The van der Waals surface area contributed by atoms with Crippen LogP contribution in [-0.4, -0.2) is 8.42 Å². The average Bonchev–Trinajstić information content (AvgIpc) is 2.96. The Hall–Kier alpha value is -2.24. The van der Waals surface area contributed by atoms with Gasteiger partial charge in [-0.15, -0.1) is 11.3 Å². The lowest BCUT2D eigenvalue weighted by atomic mass is 10.3. The zero-order chi connectivity index (χ0) is 15.5. The SMILES string of the molecule is N#C/C(=C/Nc1ccc(F)cc1F)S(=O)(=O)c1cccs1. The first-order chi connectivity index (χ1) is 9.95. The number of anilines is 1. The Balaban J connectivity index is 2.32. The summed E-state index contributed by atoms with van der Waals surface area (Å²) in [5.41, 5.74) is -0.134. The standard InChI is InChI=1S/C13H8F2N2O2S2/c14-9-3-4-12(11(15)6-9)17-8-10(7-16)21(18,19)13-2-1-5-20-13/h1-6,8,17H/b10-8-. The van der Waals surface area contributed by atoms with Gasteiger partial charge < -0.3 is 5.32 Å². The second-order valence-electron chi connectivity index (χ2n) is 3.82. The Kier molecular flexibility index (Phi) is 4.35. The van der Waals surface area contributed by atoms with E-state index >= 15 is 0 Å². The smallest absolute Gasteiger partial charge is 0.227 e. The lowest BCUT2D eigenvalue weighted by Crippen LogP contribution is -2.04. The molecule has 108 valence electrons. The first-order valence-corrected chi connectivity index (χ1v) is 7.92. The van der Waals surface area contributed by atoms with Gasteiger partial charge in [-0.25, -0.2) is 17.2 Å². The van der Waals surface area contributed by atoms with Crippen molar-refractivity contribution < 1.29 is 17.2 Å². The number of rotatable bonds is 4. The van der Waals surface area contributed by atoms with Crippen LogP contribution in [0.4, 0.5) is 14.5 Å². The van der Waals surface area contributed by atoms with Crippen LogP contribution in [0.5, 0.6) is 0 Å². The third-order valence-corrected chi connectivity index (χ3v) is 5.51. The fraction of sp³-hybridized carbons (Fsp3) is 0. The highest BCUT2D eigenvalue weighted by Crippen LogP contribution is 2.24. The van der Waals surface area contributed by atoms with Gasteiger partial charge in [0.25, 0.3) is 0 Å². The van der Waals surface area contributed by atoms with E-state index in [2.05, 4.69) is 5.32 Å². The van der Waals surface area contributed by atoms with Crippen molar-refractivity contribution in [1.29, 1.82) is 5.26 Å². The number of hydrogen-bond donors (Lipinski definition) is 1. The molecule has 1 heterocycles. The van der Waals surface area contributed by atoms with Crippen LogP contribution >= 0.6 is 11.3 Å². The molecule has 2 rings (SSSR count). The van der Waals surface area contributed by atoms with Gasteiger partial charge in [-0.1, -0.05) is 6.07 Å². The molecule has 0 saturated heterocycles. The molecule has 1 N–H and O–H groups in total. The maximum atomic E-state index is 13.4. The van der Waals surface area contributed by atoms with Crippen molar-refractivity contribution in [3.05, 3.63) is 58.5 Å². The first kappa shape index (κ1) is 15.2. The molecule has 1 aromatic carbocycles. The monoisotopic (exact) mass is 326 g/mol. The minimum Gasteiger partial charge on any atom is -0.357 e. The van der Waals surface area contributed by atoms with E-state index < -0.39 is 26.4 Å². The van der Waals surface area contributed by atoms with Crippen molar-refractivity contribution in [2.45, 2.75) is 4.21 Å². The minimum absolute atomic E-state index is 0.0108. The molecule has 0 aliphatic heterocycles. The second-order valence-corrected chi connectivity index (χ2v) is 6.92. The predicted octanol–water partition coefficient (Wildman–Crippen LogP) is 3.28. The van der Waals surface area contributed by atoms with Gasteiger partial charge in [0.15, 0.2) is 4.91 Å². The van der Waals surface area contributed by atoms with Crippen LogP contribution in [0, 0.1) is 23.0 Å². The first-order valence-electron chi connectivity index (χ1n) is 5.55. The molecular formula is C13H8F2N2O2S2. The fourth-order valence-corrected chi connectivity index (χ4v) is 3.64. The number of allylic oxidation sites excluding steroid dienone is 1. The molecule has 0 aliphatic rings. The summed E-state index contributed by atoms with van der Waals surface area (Å²) >= 11 is 0.969. The van der Waals surface area contributed by atoms with Gasteiger partial charge in [-0.05, 0) is 23.6 Å². The fourth-order valence-electron chi connectivity index (χ4n) is 1.44. The van der Waals surface area contributed by atoms with Crippen molar-refractivity contribution in [2.24, 2.45) is 0 Å². The summed E-state index contributed by atoms with van der Waals surface area (Å²) in [4.78, 5) is -0.561. The number of hydrogen-bond acceptors (Lipinski definition) is 5. The van der Waals surface area contributed by atoms with Crippen LogP contribution in [0.3, 0.4) is 0 Å². The van der Waals surface area contributed by atoms with E-state index in [-0.39, 0.29) is 9.90 Å². The van der Waals surface area contributed by atoms with Crippen LogP contribution in [0.2, 0.25) is 0 Å². The molecule has 0 amide bonds. The number of nitrogens with one attached hydrogen (secondary N) is 1. The van der Waals surface area contributed by atoms with Crippen LogP contribution in [0.15, 0.2) is 51.0 Å². The number of nitriles is 1. The molecule has 0 saturated carbocycles. The second kappa shape index (κ2) is 6.03. The Bertz CT molecular complexity index is 822. The summed E-state index contributed by atoms with van der Waals surface area (Å²) in [6, 6.07) is 7.23. The molecule has 21 heavy (non-hydrogen) atoms. The topological polar surface area (TPSA) is 70.0 Å². The van der Waals surface area contributed by atoms with Crippen molar-refractivity contribution in [3.8, 4) is 6.07 Å². The quantitative estimate of drug-likeness (QED) is 0.875. The van der Waals surface area contributed by atoms with E-state index in [1.807, 2.05) is 0 Å². The van der Waals surface area contributed by atoms with Crippen molar-refractivity contribution in [2.75, 3.05) is 5.32 Å². The predicted molar refractivity (Wildman–Crippen MR) is 75.2 cm³/mol. The Morgan fingerprint density at radius 1 is 1.33 bits per heavy atom. The van der Waals surface area contributed by atoms with Gasteiger partial charge in [0.2, 0.25) is 9.84 Å². The van der Waals surface area contributed by atoms with Gasteiger partial charge in [-0.2, -0.15) is 5.26 Å². The summed E-state index contributed by atoms with van der Waals surface area (Å²) in [7, 11) is -3.94. The zero-order valence-corrected chi connectivity index (χ0v) is 12.0. The van der Waals surface area contributed by atoms with Gasteiger partial charge in [0, 0.05) is 12.3 Å². The third kappa shape index (κ3) is 3.26. The molecule has 1 aromatic heterocycles. The van der Waals surface area contributed by atoms with Gasteiger partial charge in [-0.3, -0.25) is 0 Å². The number of sulfone groups is 1. The van der Waals surface area contributed by atoms with E-state index in [0.29, 0.717) is 6.07 Å². The Labute approximate surface area is 123 Å². The normalized spacial score (nSPS) is 12.0. The maximum absolute atomic E-state index is 13.4. The molecular weight excluding hydrogens is 318 g/mol. The van der Waals surface area contributed by atoms with Crippen LogP contribution < -0.4 is 5.32 Å². The summed E-state index contributed by atoms with van der Waals surface area (Å²) in [6.07, 6.45) is 0.880. The van der Waals surface area contributed by atoms with Crippen LogP contribution in [-0.2, 0) is 9.84 Å². The maximum Gasteiger partial charge on any atom is 0.227 e. The highest BCUT2D eigenvalue weighted by atomic mass is 32.2. The number of nitrogens with zero attached hydrogens (tertiary/aromatic N) is 1. The molecule has 8 heteroatoms. The van der Waals surface area contributed by atoms with Crippen molar-refractivity contribution >= 4 is 26.9 Å². The minimum atomic E-state index is -3.94. The average molecular weight is 326 g/mol. The van der Waals surface area contributed by atoms with Crippen molar-refractivity contribution in [1.82, 2.24) is 0 Å². The highest BCUT2D eigenvalue weighted by Gasteiger charge is 2.21. The van der Waals surface area contributed by atoms with E-state index in [4.69, 9.17) is 5.26 Å². The van der Waals surface area contributed by atoms with Gasteiger partial charge >= 0.3 is 0 Å². The Morgan fingerprint density at radius 2 is 2.10 bits per heavy atom. The molecule has 4 nitrogen and oxygen atoms in total. The summed E-state index contributed by atoms with van der Waals surface area (Å²) in [5.74, 6) is -1.65. The van der Waals surface area contributed by atoms with Crippen LogP contribution in [0.1, 0.15) is 0 Å². The molecule has 0 aliphatic carbocycles. The summed E-state index contributed by atoms with van der Waals surface area (Å²) < 4.78 is 50.4. The summed E-state index contributed by atoms with van der Waals surface area (Å²) in [6.45, 7) is 0. The van der Waals surface area contributed by atoms with Crippen molar-refractivity contribution in [3.63, 3.8) is 0 Å². The van der Waals surface area contributed by atoms with E-state index in [1.54, 1.807) is 17.5 Å². The lowest BCUT2D eigenvalue weighted by Gasteiger charge is -2.04. The van der Waals surface area contributed by atoms with E-state index in [9.17, 15) is 17.2 Å². The zero-order valence-electron chi connectivity index (χ0n) is 10.4. The largest absolute Gasteiger partial charge is 0.357 e. The highest BCUT2D eigenvalue weighted by molar-refractivity contribution is 7.97. The molecule has 0 radical (unpaired) electrons. The van der Waals surface area contributed by atoms with Gasteiger partial charge in [0.1, 0.15) is 21.9 Å². The third-order valence-electron chi connectivity index (χ3n) is 2.45. The molecule has 0 atom stereocenters. The summed E-state index contributed by atoms with van der Waals surface area (Å²) in [5, 5.41) is 12.9.